The molecule has 2 aromatic rings. The zero-order chi connectivity index (χ0) is 23.4. The number of benzene rings is 2. The van der Waals surface area contributed by atoms with E-state index in [1.807, 2.05) is 0 Å². The first-order chi connectivity index (χ1) is 15.2. The number of hydrogen-bond donors (Lipinski definition) is 1. The standard InChI is InChI=1S/C23H22Cl2N2O5/c1-4-31-22(29)19-18(12-32-15-10-8-14(9-11-15)13(2)28)27(3)23(30)26-21(19)16-6-5-7-17(24)20(16)25/h5-11,21H,4,12H2,1-3H3,(H,26,30)/t21-/m0/s1. The number of carbonyl (C=O) groups excluding carboxylic acids is 3. The van der Waals surface area contributed by atoms with Crippen molar-refractivity contribution in [3.05, 3.63) is 74.9 Å². The van der Waals surface area contributed by atoms with Crippen molar-refractivity contribution in [2.24, 2.45) is 0 Å². The zero-order valence-electron chi connectivity index (χ0n) is 17.8. The Kier molecular flexibility index (Phi) is 7.43. The summed E-state index contributed by atoms with van der Waals surface area (Å²) in [7, 11) is 1.53. The molecule has 0 fully saturated rings. The minimum atomic E-state index is -0.873. The molecule has 0 radical (unpaired) electrons. The van der Waals surface area contributed by atoms with Gasteiger partial charge in [-0.15, -0.1) is 0 Å². The first kappa shape index (κ1) is 23.6. The Hall–Kier alpha value is -3.03. The zero-order valence-corrected chi connectivity index (χ0v) is 19.3. The van der Waals surface area contributed by atoms with Crippen LogP contribution in [0.5, 0.6) is 5.75 Å². The number of hydrogen-bond acceptors (Lipinski definition) is 5. The van der Waals surface area contributed by atoms with Crippen molar-refractivity contribution in [1.29, 1.82) is 0 Å². The number of Topliss-reactive ketones (excluding diaryl/α,β-unsaturated/α-hetero) is 1. The maximum absolute atomic E-state index is 12.9. The van der Waals surface area contributed by atoms with Gasteiger partial charge in [-0.2, -0.15) is 0 Å². The fourth-order valence-corrected chi connectivity index (χ4v) is 3.71. The average molecular weight is 477 g/mol. The third-order valence-electron chi connectivity index (χ3n) is 5.00. The van der Waals surface area contributed by atoms with E-state index in [0.29, 0.717) is 27.6 Å². The minimum absolute atomic E-state index is 0.0613. The number of nitrogens with zero attached hydrogens (tertiary/aromatic N) is 1. The Morgan fingerprint density at radius 2 is 1.81 bits per heavy atom. The lowest BCUT2D eigenvalue weighted by atomic mass is 9.94. The lowest BCUT2D eigenvalue weighted by Crippen LogP contribution is -2.48. The van der Waals surface area contributed by atoms with Crippen LogP contribution in [0.2, 0.25) is 10.0 Å². The number of nitrogens with one attached hydrogen (secondary N) is 1. The number of rotatable bonds is 7. The third-order valence-corrected chi connectivity index (χ3v) is 5.83. The summed E-state index contributed by atoms with van der Waals surface area (Å²) in [6, 6.07) is 10.3. The Labute approximate surface area is 195 Å². The highest BCUT2D eigenvalue weighted by atomic mass is 35.5. The quantitative estimate of drug-likeness (QED) is 0.458. The molecule has 0 bridgehead atoms. The van der Waals surface area contributed by atoms with E-state index < -0.39 is 18.0 Å². The van der Waals surface area contributed by atoms with Crippen LogP contribution in [-0.4, -0.2) is 42.9 Å². The predicted octanol–water partition coefficient (Wildman–Crippen LogP) is 4.79. The molecule has 2 amide bonds. The maximum atomic E-state index is 12.9. The van der Waals surface area contributed by atoms with Crippen molar-refractivity contribution in [2.45, 2.75) is 19.9 Å². The van der Waals surface area contributed by atoms with Crippen LogP contribution in [0.1, 0.15) is 35.8 Å². The van der Waals surface area contributed by atoms with Gasteiger partial charge in [0.25, 0.3) is 0 Å². The van der Waals surface area contributed by atoms with Crippen LogP contribution in [0.3, 0.4) is 0 Å². The molecule has 32 heavy (non-hydrogen) atoms. The summed E-state index contributed by atoms with van der Waals surface area (Å²) in [4.78, 5) is 38.4. The summed E-state index contributed by atoms with van der Waals surface area (Å²) < 4.78 is 11.1. The fourth-order valence-electron chi connectivity index (χ4n) is 3.30. The van der Waals surface area contributed by atoms with Crippen LogP contribution in [0.25, 0.3) is 0 Å². The molecule has 0 unspecified atom stereocenters. The second-order valence-corrected chi connectivity index (χ2v) is 7.82. The number of urea groups is 1. The van der Waals surface area contributed by atoms with Gasteiger partial charge in [0.2, 0.25) is 0 Å². The minimum Gasteiger partial charge on any atom is -0.487 e. The Morgan fingerprint density at radius 3 is 2.44 bits per heavy atom. The van der Waals surface area contributed by atoms with Gasteiger partial charge in [-0.3, -0.25) is 9.69 Å². The van der Waals surface area contributed by atoms with E-state index in [1.165, 1.54) is 18.9 Å². The molecular formula is C23H22Cl2N2O5. The smallest absolute Gasteiger partial charge is 0.338 e. The van der Waals surface area contributed by atoms with E-state index in [4.69, 9.17) is 32.7 Å². The Bertz CT molecular complexity index is 1080. The fraction of sp³-hybridized carbons (Fsp3) is 0.261. The van der Waals surface area contributed by atoms with E-state index in [2.05, 4.69) is 5.32 Å². The summed E-state index contributed by atoms with van der Waals surface area (Å²) in [6.45, 7) is 3.23. The first-order valence-electron chi connectivity index (χ1n) is 9.86. The van der Waals surface area contributed by atoms with E-state index in [9.17, 15) is 14.4 Å². The summed E-state index contributed by atoms with van der Waals surface area (Å²) >= 11 is 12.6. The molecule has 1 atom stereocenters. The van der Waals surface area contributed by atoms with Crippen molar-refractivity contribution >= 4 is 41.0 Å². The SMILES string of the molecule is CCOC(=O)C1=C(COc2ccc(C(C)=O)cc2)N(C)C(=O)N[C@H]1c1cccc(Cl)c1Cl. The maximum Gasteiger partial charge on any atom is 0.338 e. The van der Waals surface area contributed by atoms with Crippen molar-refractivity contribution < 1.29 is 23.9 Å². The molecule has 3 rings (SSSR count). The number of amides is 2. The van der Waals surface area contributed by atoms with Crippen molar-refractivity contribution in [3.63, 3.8) is 0 Å². The Morgan fingerprint density at radius 1 is 1.12 bits per heavy atom. The van der Waals surface area contributed by atoms with Gasteiger partial charge in [0, 0.05) is 12.6 Å². The molecule has 1 N–H and O–H groups in total. The van der Waals surface area contributed by atoms with Gasteiger partial charge in [0.15, 0.2) is 5.78 Å². The Balaban J connectivity index is 2.03. The summed E-state index contributed by atoms with van der Waals surface area (Å²) in [5.41, 5.74) is 1.53. The monoisotopic (exact) mass is 476 g/mol. The highest BCUT2D eigenvalue weighted by Crippen LogP contribution is 2.37. The average Bonchev–Trinajstić information content (AvgIpc) is 2.76. The van der Waals surface area contributed by atoms with Gasteiger partial charge in [-0.25, -0.2) is 9.59 Å². The van der Waals surface area contributed by atoms with Crippen molar-refractivity contribution in [1.82, 2.24) is 10.2 Å². The normalized spacial score (nSPS) is 16.0. The van der Waals surface area contributed by atoms with Crippen LogP contribution in [-0.2, 0) is 9.53 Å². The number of halogens is 2. The summed E-state index contributed by atoms with van der Waals surface area (Å²) in [6.07, 6.45) is 0. The summed E-state index contributed by atoms with van der Waals surface area (Å²) in [5, 5.41) is 3.30. The lowest BCUT2D eigenvalue weighted by Gasteiger charge is -2.34. The van der Waals surface area contributed by atoms with Crippen LogP contribution in [0, 0.1) is 0 Å². The largest absolute Gasteiger partial charge is 0.487 e. The number of esters is 1. The molecular weight excluding hydrogens is 455 g/mol. The van der Waals surface area contributed by atoms with E-state index in [1.54, 1.807) is 49.4 Å². The van der Waals surface area contributed by atoms with Crippen LogP contribution < -0.4 is 10.1 Å². The molecule has 1 aliphatic rings. The van der Waals surface area contributed by atoms with Crippen molar-refractivity contribution in [3.8, 4) is 5.75 Å². The predicted molar refractivity (Wildman–Crippen MR) is 121 cm³/mol. The summed E-state index contributed by atoms with van der Waals surface area (Å²) in [5.74, 6) is -0.192. The number of ether oxygens (including phenoxy) is 2. The molecule has 0 saturated carbocycles. The third kappa shape index (κ3) is 4.89. The molecule has 0 spiro atoms. The highest BCUT2D eigenvalue weighted by molar-refractivity contribution is 6.42. The van der Waals surface area contributed by atoms with Gasteiger partial charge < -0.3 is 14.8 Å². The van der Waals surface area contributed by atoms with Gasteiger partial charge in [0.1, 0.15) is 12.4 Å². The van der Waals surface area contributed by atoms with Gasteiger partial charge in [-0.1, -0.05) is 35.3 Å². The number of ketones is 1. The molecule has 0 saturated heterocycles. The van der Waals surface area contributed by atoms with Gasteiger partial charge >= 0.3 is 12.0 Å². The molecule has 1 heterocycles. The van der Waals surface area contributed by atoms with E-state index in [0.717, 1.165) is 0 Å². The molecule has 168 valence electrons. The molecule has 0 aliphatic carbocycles. The van der Waals surface area contributed by atoms with Gasteiger partial charge in [0.05, 0.1) is 34.0 Å². The second kappa shape index (κ2) is 10.1. The first-order valence-corrected chi connectivity index (χ1v) is 10.6. The van der Waals surface area contributed by atoms with Crippen LogP contribution in [0.4, 0.5) is 4.79 Å². The van der Waals surface area contributed by atoms with Crippen LogP contribution in [0.15, 0.2) is 53.7 Å². The highest BCUT2D eigenvalue weighted by Gasteiger charge is 2.38. The topological polar surface area (TPSA) is 84.9 Å². The molecule has 0 aromatic heterocycles. The van der Waals surface area contributed by atoms with E-state index >= 15 is 0 Å². The molecule has 9 heteroatoms. The van der Waals surface area contributed by atoms with Gasteiger partial charge in [-0.05, 0) is 49.7 Å². The molecule has 7 nitrogen and oxygen atoms in total. The van der Waals surface area contributed by atoms with E-state index in [-0.39, 0.29) is 29.6 Å². The van der Waals surface area contributed by atoms with Crippen LogP contribution >= 0.6 is 23.2 Å². The second-order valence-electron chi connectivity index (χ2n) is 7.03. The molecule has 2 aromatic carbocycles. The number of likely N-dealkylation sites (N-methyl/N-ethyl adjacent to an activating group) is 1. The van der Waals surface area contributed by atoms with Crippen molar-refractivity contribution in [2.75, 3.05) is 20.3 Å². The lowest BCUT2D eigenvalue weighted by molar-refractivity contribution is -0.139. The molecule has 1 aliphatic heterocycles. The number of carbonyl (C=O) groups is 3.